The molecule has 1 atom stereocenters. The highest BCUT2D eigenvalue weighted by molar-refractivity contribution is 7.18. The fraction of sp³-hybridized carbons (Fsp3) is 0.250. The van der Waals surface area contributed by atoms with Crippen LogP contribution in [0.15, 0.2) is 42.0 Å². The third-order valence-corrected chi connectivity index (χ3v) is 4.60. The number of nitrogens with two attached hydrogens (primary N) is 1. The van der Waals surface area contributed by atoms with Crippen molar-refractivity contribution in [1.29, 1.82) is 0 Å². The number of benzene rings is 1. The quantitative estimate of drug-likeness (QED) is 0.756. The maximum atomic E-state index is 6.21. The van der Waals surface area contributed by atoms with Crippen molar-refractivity contribution in [2.45, 2.75) is 19.4 Å². The zero-order chi connectivity index (χ0) is 14.7. The van der Waals surface area contributed by atoms with Crippen molar-refractivity contribution in [2.75, 3.05) is 11.9 Å². The van der Waals surface area contributed by atoms with Gasteiger partial charge in [-0.05, 0) is 29.9 Å². The molecule has 1 unspecified atom stereocenters. The second-order valence-electron chi connectivity index (χ2n) is 5.05. The van der Waals surface area contributed by atoms with Gasteiger partial charge in [0, 0.05) is 12.6 Å². The molecule has 0 spiro atoms. The van der Waals surface area contributed by atoms with E-state index in [0.717, 1.165) is 29.0 Å². The van der Waals surface area contributed by atoms with Crippen LogP contribution in [0.4, 0.5) is 5.82 Å². The van der Waals surface area contributed by atoms with E-state index in [2.05, 4.69) is 39.7 Å². The molecule has 0 fully saturated rings. The highest BCUT2D eigenvalue weighted by Crippen LogP contribution is 2.28. The Hall–Kier alpha value is -1.98. The Morgan fingerprint density at radius 2 is 2.05 bits per heavy atom. The molecule has 21 heavy (non-hydrogen) atoms. The highest BCUT2D eigenvalue weighted by Gasteiger charge is 2.09. The number of nitrogens with one attached hydrogen (secondary N) is 1. The molecule has 0 saturated carbocycles. The first-order chi connectivity index (χ1) is 10.3. The minimum Gasteiger partial charge on any atom is -0.369 e. The summed E-state index contributed by atoms with van der Waals surface area (Å²) in [6.07, 6.45) is 2.47. The molecule has 0 aliphatic heterocycles. The summed E-state index contributed by atoms with van der Waals surface area (Å²) in [5.74, 6) is 0.901. The summed E-state index contributed by atoms with van der Waals surface area (Å²) in [6.45, 7) is 2.86. The van der Waals surface area contributed by atoms with Crippen molar-refractivity contribution in [2.24, 2.45) is 5.73 Å². The molecule has 2 heterocycles. The van der Waals surface area contributed by atoms with Gasteiger partial charge in [-0.3, -0.25) is 0 Å². The third-order valence-electron chi connectivity index (χ3n) is 3.51. The minimum absolute atomic E-state index is 0.0427. The summed E-state index contributed by atoms with van der Waals surface area (Å²) in [7, 11) is 0. The topological polar surface area (TPSA) is 63.8 Å². The van der Waals surface area contributed by atoms with E-state index in [1.54, 1.807) is 17.7 Å². The van der Waals surface area contributed by atoms with Crippen molar-refractivity contribution in [3.8, 4) is 0 Å². The maximum Gasteiger partial charge on any atom is 0.147 e. The summed E-state index contributed by atoms with van der Waals surface area (Å²) >= 11 is 1.68. The van der Waals surface area contributed by atoms with Gasteiger partial charge in [0.2, 0.25) is 0 Å². The molecule has 1 aromatic carbocycles. The van der Waals surface area contributed by atoms with Gasteiger partial charge in [-0.25, -0.2) is 9.97 Å². The molecule has 4 nitrogen and oxygen atoms in total. The SMILES string of the molecule is Cc1csc2c(NCCC(N)c3ccccc3)ncnc12. The number of nitrogens with zero attached hydrogens (tertiary/aromatic N) is 2. The zero-order valence-electron chi connectivity index (χ0n) is 11.9. The molecular weight excluding hydrogens is 280 g/mol. The van der Waals surface area contributed by atoms with E-state index in [1.165, 1.54) is 11.1 Å². The Labute approximate surface area is 128 Å². The van der Waals surface area contributed by atoms with Gasteiger partial charge in [0.05, 0.1) is 10.2 Å². The van der Waals surface area contributed by atoms with Crippen molar-refractivity contribution in [3.63, 3.8) is 0 Å². The van der Waals surface area contributed by atoms with Crippen LogP contribution in [0, 0.1) is 6.92 Å². The Kier molecular flexibility index (Phi) is 4.13. The summed E-state index contributed by atoms with van der Waals surface area (Å²) < 4.78 is 1.11. The molecule has 0 saturated heterocycles. The molecule has 108 valence electrons. The van der Waals surface area contributed by atoms with Gasteiger partial charge in [0.15, 0.2) is 0 Å². The van der Waals surface area contributed by atoms with Crippen molar-refractivity contribution in [3.05, 3.63) is 53.2 Å². The molecular formula is C16H18N4S. The number of thiophene rings is 1. The van der Waals surface area contributed by atoms with Gasteiger partial charge in [0.25, 0.3) is 0 Å². The van der Waals surface area contributed by atoms with Crippen LogP contribution in [-0.2, 0) is 0 Å². The Morgan fingerprint density at radius 3 is 2.86 bits per heavy atom. The molecule has 3 aromatic rings. The van der Waals surface area contributed by atoms with E-state index in [9.17, 15) is 0 Å². The standard InChI is InChI=1S/C16H18N4S/c1-11-9-21-15-14(11)19-10-20-16(15)18-8-7-13(17)12-5-3-2-4-6-12/h2-6,9-10,13H,7-8,17H2,1H3,(H,18,19,20). The van der Waals surface area contributed by atoms with E-state index < -0.39 is 0 Å². The van der Waals surface area contributed by atoms with Crippen LogP contribution in [0.25, 0.3) is 10.2 Å². The number of hydrogen-bond acceptors (Lipinski definition) is 5. The summed E-state index contributed by atoms with van der Waals surface area (Å²) in [5.41, 5.74) is 9.60. The van der Waals surface area contributed by atoms with Crippen molar-refractivity contribution < 1.29 is 0 Å². The molecule has 0 radical (unpaired) electrons. The first kappa shape index (κ1) is 14.0. The molecule has 0 bridgehead atoms. The number of aryl methyl sites for hydroxylation is 1. The average Bonchev–Trinajstić information content (AvgIpc) is 2.91. The van der Waals surface area contributed by atoms with Crippen LogP contribution in [-0.4, -0.2) is 16.5 Å². The Bertz CT molecular complexity index is 723. The predicted molar refractivity (Wildman–Crippen MR) is 88.6 cm³/mol. The van der Waals surface area contributed by atoms with Gasteiger partial charge >= 0.3 is 0 Å². The second kappa shape index (κ2) is 6.20. The van der Waals surface area contributed by atoms with Gasteiger partial charge in [-0.2, -0.15) is 0 Å². The van der Waals surface area contributed by atoms with E-state index >= 15 is 0 Å². The van der Waals surface area contributed by atoms with Gasteiger partial charge in [0.1, 0.15) is 12.1 Å². The first-order valence-electron chi connectivity index (χ1n) is 6.99. The minimum atomic E-state index is 0.0427. The lowest BCUT2D eigenvalue weighted by atomic mass is 10.1. The van der Waals surface area contributed by atoms with E-state index in [4.69, 9.17) is 5.73 Å². The molecule has 0 aliphatic carbocycles. The van der Waals surface area contributed by atoms with E-state index in [1.807, 2.05) is 18.2 Å². The largest absolute Gasteiger partial charge is 0.369 e. The average molecular weight is 298 g/mol. The van der Waals surface area contributed by atoms with Crippen molar-refractivity contribution >= 4 is 27.4 Å². The third kappa shape index (κ3) is 3.04. The Morgan fingerprint density at radius 1 is 1.24 bits per heavy atom. The molecule has 3 N–H and O–H groups in total. The highest BCUT2D eigenvalue weighted by atomic mass is 32.1. The maximum absolute atomic E-state index is 6.21. The van der Waals surface area contributed by atoms with Crippen LogP contribution in [0.5, 0.6) is 0 Å². The number of aromatic nitrogens is 2. The van der Waals surface area contributed by atoms with Crippen LogP contribution in [0.3, 0.4) is 0 Å². The van der Waals surface area contributed by atoms with Crippen LogP contribution >= 0.6 is 11.3 Å². The molecule has 5 heteroatoms. The van der Waals surface area contributed by atoms with E-state index in [0.29, 0.717) is 0 Å². The summed E-state index contributed by atoms with van der Waals surface area (Å²) in [6, 6.07) is 10.2. The second-order valence-corrected chi connectivity index (χ2v) is 5.93. The smallest absolute Gasteiger partial charge is 0.147 e. The van der Waals surface area contributed by atoms with Gasteiger partial charge in [-0.1, -0.05) is 30.3 Å². The Balaban J connectivity index is 1.65. The number of hydrogen-bond donors (Lipinski definition) is 2. The van der Waals surface area contributed by atoms with Crippen LogP contribution in [0.2, 0.25) is 0 Å². The molecule has 2 aromatic heterocycles. The fourth-order valence-corrected chi connectivity index (χ4v) is 3.28. The van der Waals surface area contributed by atoms with Crippen LogP contribution < -0.4 is 11.1 Å². The van der Waals surface area contributed by atoms with Crippen molar-refractivity contribution in [1.82, 2.24) is 9.97 Å². The van der Waals surface area contributed by atoms with E-state index in [-0.39, 0.29) is 6.04 Å². The summed E-state index contributed by atoms with van der Waals surface area (Å²) in [5, 5.41) is 5.49. The first-order valence-corrected chi connectivity index (χ1v) is 7.87. The molecule has 0 amide bonds. The number of anilines is 1. The fourth-order valence-electron chi connectivity index (χ4n) is 2.31. The summed E-state index contributed by atoms with van der Waals surface area (Å²) in [4.78, 5) is 8.66. The lowest BCUT2D eigenvalue weighted by molar-refractivity contribution is 0.674. The number of rotatable bonds is 5. The lowest BCUT2D eigenvalue weighted by Crippen LogP contribution is -2.15. The predicted octanol–water partition coefficient (Wildman–Crippen LogP) is 3.50. The zero-order valence-corrected chi connectivity index (χ0v) is 12.7. The lowest BCUT2D eigenvalue weighted by Gasteiger charge is -2.13. The normalized spacial score (nSPS) is 12.5. The van der Waals surface area contributed by atoms with Crippen LogP contribution in [0.1, 0.15) is 23.6 Å². The van der Waals surface area contributed by atoms with Gasteiger partial charge in [-0.15, -0.1) is 11.3 Å². The molecule has 0 aliphatic rings. The molecule has 3 rings (SSSR count). The monoisotopic (exact) mass is 298 g/mol. The van der Waals surface area contributed by atoms with Gasteiger partial charge < -0.3 is 11.1 Å². The number of fused-ring (bicyclic) bond motifs is 1.